The van der Waals surface area contributed by atoms with Crippen LogP contribution in [0.1, 0.15) is 31.9 Å². The van der Waals surface area contributed by atoms with Crippen LogP contribution in [-0.2, 0) is 11.2 Å². The molecule has 0 aliphatic carbocycles. The fourth-order valence-corrected chi connectivity index (χ4v) is 2.47. The SMILES string of the molecule is Cc1cccc2[nH]cc(CCNC(=O)[C@@H](N)C(C)(C)C)c12. The zero-order valence-corrected chi connectivity index (χ0v) is 13.3. The minimum atomic E-state index is -0.484. The van der Waals surface area contributed by atoms with Crippen molar-refractivity contribution in [1.82, 2.24) is 10.3 Å². The molecule has 0 radical (unpaired) electrons. The monoisotopic (exact) mass is 287 g/mol. The van der Waals surface area contributed by atoms with E-state index in [1.165, 1.54) is 16.5 Å². The van der Waals surface area contributed by atoms with Crippen molar-refractivity contribution in [2.75, 3.05) is 6.54 Å². The Bertz CT molecular complexity index is 637. The Morgan fingerprint density at radius 3 is 2.76 bits per heavy atom. The van der Waals surface area contributed by atoms with E-state index in [4.69, 9.17) is 5.73 Å². The molecule has 1 atom stereocenters. The van der Waals surface area contributed by atoms with E-state index >= 15 is 0 Å². The van der Waals surface area contributed by atoms with Crippen LogP contribution in [0.2, 0.25) is 0 Å². The molecule has 1 aromatic carbocycles. The number of nitrogens with one attached hydrogen (secondary N) is 2. The second-order valence-electron chi connectivity index (χ2n) is 6.70. The molecule has 114 valence electrons. The first-order valence-electron chi connectivity index (χ1n) is 7.39. The molecule has 4 heteroatoms. The van der Waals surface area contributed by atoms with E-state index in [9.17, 15) is 4.79 Å². The molecule has 21 heavy (non-hydrogen) atoms. The number of hydrogen-bond acceptors (Lipinski definition) is 2. The molecule has 1 amide bonds. The summed E-state index contributed by atoms with van der Waals surface area (Å²) < 4.78 is 0. The lowest BCUT2D eigenvalue weighted by Gasteiger charge is -2.25. The number of H-pyrrole nitrogens is 1. The van der Waals surface area contributed by atoms with Crippen LogP contribution in [0.15, 0.2) is 24.4 Å². The molecule has 2 rings (SSSR count). The average molecular weight is 287 g/mol. The van der Waals surface area contributed by atoms with Crippen molar-refractivity contribution in [2.24, 2.45) is 11.1 Å². The highest BCUT2D eigenvalue weighted by atomic mass is 16.2. The highest BCUT2D eigenvalue weighted by Crippen LogP contribution is 2.22. The average Bonchev–Trinajstić information content (AvgIpc) is 2.81. The number of aryl methyl sites for hydroxylation is 1. The Balaban J connectivity index is 1.99. The fraction of sp³-hybridized carbons (Fsp3) is 0.471. The Kier molecular flexibility index (Phi) is 4.37. The number of carbonyl (C=O) groups is 1. The number of rotatable bonds is 4. The molecule has 1 heterocycles. The minimum Gasteiger partial charge on any atom is -0.361 e. The molecule has 0 fully saturated rings. The van der Waals surface area contributed by atoms with Crippen LogP contribution in [0, 0.1) is 12.3 Å². The highest BCUT2D eigenvalue weighted by molar-refractivity contribution is 5.86. The van der Waals surface area contributed by atoms with Crippen molar-refractivity contribution in [1.29, 1.82) is 0 Å². The van der Waals surface area contributed by atoms with Crippen molar-refractivity contribution >= 4 is 16.8 Å². The van der Waals surface area contributed by atoms with Crippen molar-refractivity contribution in [3.63, 3.8) is 0 Å². The quantitative estimate of drug-likeness (QED) is 0.808. The van der Waals surface area contributed by atoms with Gasteiger partial charge in [0.15, 0.2) is 0 Å². The van der Waals surface area contributed by atoms with Gasteiger partial charge in [-0.25, -0.2) is 0 Å². The van der Waals surface area contributed by atoms with Crippen molar-refractivity contribution in [3.8, 4) is 0 Å². The number of benzene rings is 1. The van der Waals surface area contributed by atoms with Crippen LogP contribution in [-0.4, -0.2) is 23.5 Å². The summed E-state index contributed by atoms with van der Waals surface area (Å²) in [6, 6.07) is 5.73. The summed E-state index contributed by atoms with van der Waals surface area (Å²) in [5.74, 6) is -0.0842. The van der Waals surface area contributed by atoms with Gasteiger partial charge >= 0.3 is 0 Å². The van der Waals surface area contributed by atoms with Crippen LogP contribution in [0.3, 0.4) is 0 Å². The summed E-state index contributed by atoms with van der Waals surface area (Å²) in [6.45, 7) is 8.62. The molecule has 0 bridgehead atoms. The fourth-order valence-electron chi connectivity index (χ4n) is 2.47. The Morgan fingerprint density at radius 2 is 2.10 bits per heavy atom. The van der Waals surface area contributed by atoms with Crippen molar-refractivity contribution < 1.29 is 4.79 Å². The third kappa shape index (κ3) is 3.45. The van der Waals surface area contributed by atoms with Gasteiger partial charge in [-0.15, -0.1) is 0 Å². The van der Waals surface area contributed by atoms with Crippen LogP contribution >= 0.6 is 0 Å². The first-order chi connectivity index (χ1) is 9.80. The van der Waals surface area contributed by atoms with Gasteiger partial charge in [-0.2, -0.15) is 0 Å². The first kappa shape index (κ1) is 15.6. The van der Waals surface area contributed by atoms with E-state index in [0.717, 1.165) is 11.9 Å². The lowest BCUT2D eigenvalue weighted by Crippen LogP contribution is -2.48. The van der Waals surface area contributed by atoms with E-state index in [-0.39, 0.29) is 11.3 Å². The number of aromatic nitrogens is 1. The molecule has 0 aliphatic heterocycles. The summed E-state index contributed by atoms with van der Waals surface area (Å²) >= 11 is 0. The van der Waals surface area contributed by atoms with E-state index < -0.39 is 6.04 Å². The molecule has 4 nitrogen and oxygen atoms in total. The second kappa shape index (κ2) is 5.90. The number of carbonyl (C=O) groups excluding carboxylic acids is 1. The molecule has 0 saturated heterocycles. The van der Waals surface area contributed by atoms with Gasteiger partial charge in [0.2, 0.25) is 5.91 Å². The largest absolute Gasteiger partial charge is 0.361 e. The Labute approximate surface area is 126 Å². The second-order valence-corrected chi connectivity index (χ2v) is 6.70. The molecule has 0 aliphatic rings. The summed E-state index contributed by atoms with van der Waals surface area (Å²) in [7, 11) is 0. The van der Waals surface area contributed by atoms with E-state index in [2.05, 4.69) is 29.4 Å². The number of aromatic amines is 1. The van der Waals surface area contributed by atoms with Gasteiger partial charge in [-0.05, 0) is 36.0 Å². The van der Waals surface area contributed by atoms with Crippen molar-refractivity contribution in [2.45, 2.75) is 40.2 Å². The van der Waals surface area contributed by atoms with Crippen LogP contribution in [0.5, 0.6) is 0 Å². The Hall–Kier alpha value is -1.81. The maximum atomic E-state index is 12.0. The zero-order chi connectivity index (χ0) is 15.6. The Morgan fingerprint density at radius 1 is 1.38 bits per heavy atom. The maximum absolute atomic E-state index is 12.0. The van der Waals surface area contributed by atoms with Crippen molar-refractivity contribution in [3.05, 3.63) is 35.5 Å². The van der Waals surface area contributed by atoms with Crippen LogP contribution in [0.4, 0.5) is 0 Å². The lowest BCUT2D eigenvalue weighted by atomic mass is 9.87. The van der Waals surface area contributed by atoms with Gasteiger partial charge in [0.25, 0.3) is 0 Å². The predicted octanol–water partition coefficient (Wildman–Crippen LogP) is 2.51. The number of hydrogen-bond donors (Lipinski definition) is 3. The van der Waals surface area contributed by atoms with Gasteiger partial charge in [0.05, 0.1) is 6.04 Å². The predicted molar refractivity (Wildman–Crippen MR) is 87.2 cm³/mol. The van der Waals surface area contributed by atoms with Gasteiger partial charge in [0, 0.05) is 23.6 Å². The molecular formula is C17H25N3O. The maximum Gasteiger partial charge on any atom is 0.237 e. The normalized spacial score (nSPS) is 13.4. The molecule has 0 unspecified atom stereocenters. The molecule has 4 N–H and O–H groups in total. The van der Waals surface area contributed by atoms with Gasteiger partial charge in [-0.1, -0.05) is 32.9 Å². The summed E-state index contributed by atoms with van der Waals surface area (Å²) in [5, 5.41) is 4.19. The van der Waals surface area contributed by atoms with Crippen LogP contribution in [0.25, 0.3) is 10.9 Å². The molecule has 0 spiro atoms. The number of fused-ring (bicyclic) bond motifs is 1. The lowest BCUT2D eigenvalue weighted by molar-refractivity contribution is -0.124. The number of amides is 1. The third-order valence-electron chi connectivity index (χ3n) is 3.90. The van der Waals surface area contributed by atoms with E-state index in [0.29, 0.717) is 6.54 Å². The minimum absolute atomic E-state index is 0.0842. The highest BCUT2D eigenvalue weighted by Gasteiger charge is 2.26. The summed E-state index contributed by atoms with van der Waals surface area (Å²) in [5.41, 5.74) is 9.35. The first-order valence-corrected chi connectivity index (χ1v) is 7.39. The van der Waals surface area contributed by atoms with Gasteiger partial charge in [0.1, 0.15) is 0 Å². The van der Waals surface area contributed by atoms with Gasteiger partial charge < -0.3 is 16.0 Å². The van der Waals surface area contributed by atoms with E-state index in [1.807, 2.05) is 33.0 Å². The summed E-state index contributed by atoms with van der Waals surface area (Å²) in [4.78, 5) is 15.3. The molecule has 2 aromatic rings. The molecular weight excluding hydrogens is 262 g/mol. The third-order valence-corrected chi connectivity index (χ3v) is 3.90. The van der Waals surface area contributed by atoms with Crippen LogP contribution < -0.4 is 11.1 Å². The zero-order valence-electron chi connectivity index (χ0n) is 13.3. The number of nitrogens with two attached hydrogens (primary N) is 1. The molecule has 1 aromatic heterocycles. The van der Waals surface area contributed by atoms with E-state index in [1.54, 1.807) is 0 Å². The standard InChI is InChI=1S/C17H25N3O/c1-11-6-5-7-13-14(11)12(10-20-13)8-9-19-16(21)15(18)17(2,3)4/h5-7,10,15,20H,8-9,18H2,1-4H3,(H,19,21)/t15-/m1/s1. The van der Waals surface area contributed by atoms with Gasteiger partial charge in [-0.3, -0.25) is 4.79 Å². The summed E-state index contributed by atoms with van der Waals surface area (Å²) in [6.07, 6.45) is 2.82. The smallest absolute Gasteiger partial charge is 0.237 e. The topological polar surface area (TPSA) is 70.9 Å². The molecule has 0 saturated carbocycles.